The summed E-state index contributed by atoms with van der Waals surface area (Å²) in [7, 11) is -0.714. The lowest BCUT2D eigenvalue weighted by Gasteiger charge is -2.29. The summed E-state index contributed by atoms with van der Waals surface area (Å²) in [6, 6.07) is 18.0. The first-order valence-corrected chi connectivity index (χ1v) is 17.6. The predicted molar refractivity (Wildman–Crippen MR) is 186 cm³/mol. The highest BCUT2D eigenvalue weighted by Gasteiger charge is 2.30. The van der Waals surface area contributed by atoms with Gasteiger partial charge in [0, 0.05) is 44.2 Å². The molecule has 0 unspecified atom stereocenters. The highest BCUT2D eigenvalue weighted by molar-refractivity contribution is 7.89. The summed E-state index contributed by atoms with van der Waals surface area (Å²) in [6.45, 7) is 2.22. The molecule has 1 aliphatic rings. The van der Waals surface area contributed by atoms with Crippen molar-refractivity contribution in [2.45, 2.75) is 50.0 Å². The molecule has 15 heteroatoms. The molecule has 1 aromatic heterocycles. The van der Waals surface area contributed by atoms with Gasteiger partial charge in [-0.2, -0.15) is 0 Å². The van der Waals surface area contributed by atoms with Crippen LogP contribution in [-0.4, -0.2) is 72.6 Å². The van der Waals surface area contributed by atoms with Gasteiger partial charge >= 0.3 is 11.8 Å². The molecule has 4 aromatic rings. The number of benzene rings is 3. The molecule has 3 aromatic carbocycles. The number of hydrogen-bond acceptors (Lipinski definition) is 8. The van der Waals surface area contributed by atoms with Crippen LogP contribution < -0.4 is 21.7 Å². The standard InChI is InChI=1S/C35H40N6O8S/c1-21-7-16-28(50(47,48)41(2)3)19-29(21)26-6-4-5-23(17-26)18-30(38-32(42)25-10-8-22(9-11-25)20-36-34(44)45)33(43)37-27-14-12-24(13-15-27)31-39-35(46)49-40-31/h4-7,12-17,19,22,25,30,36H,8-11,18,20H2,1-3H3,(H,37,43)(H,38,42)(H,44,45)(H,39,40,46)/t22?,25?,30-/m0/s1. The number of carboxylic acid groups (broad SMARTS) is 1. The molecule has 5 N–H and O–H groups in total. The summed E-state index contributed by atoms with van der Waals surface area (Å²) in [5.41, 5.74) is 4.13. The van der Waals surface area contributed by atoms with Crippen molar-refractivity contribution >= 4 is 33.6 Å². The Morgan fingerprint density at radius 1 is 1.00 bits per heavy atom. The normalized spacial score (nSPS) is 16.8. The highest BCUT2D eigenvalue weighted by Crippen LogP contribution is 2.30. The lowest BCUT2D eigenvalue weighted by atomic mass is 9.81. The van der Waals surface area contributed by atoms with Crippen LogP contribution in [0.4, 0.5) is 10.5 Å². The second kappa shape index (κ2) is 15.5. The summed E-state index contributed by atoms with van der Waals surface area (Å²) < 4.78 is 31.4. The lowest BCUT2D eigenvalue weighted by molar-refractivity contribution is -0.130. The molecule has 1 atom stereocenters. The number of anilines is 1. The molecule has 1 aliphatic carbocycles. The van der Waals surface area contributed by atoms with Crippen LogP contribution in [0.3, 0.4) is 0 Å². The summed E-state index contributed by atoms with van der Waals surface area (Å²) >= 11 is 0. The number of amides is 3. The van der Waals surface area contributed by atoms with Gasteiger partial charge in [-0.05, 0) is 97.2 Å². The molecule has 1 fully saturated rings. The number of carbonyl (C=O) groups excluding carboxylic acids is 2. The summed E-state index contributed by atoms with van der Waals surface area (Å²) in [5, 5.41) is 20.9. The van der Waals surface area contributed by atoms with Crippen LogP contribution in [0.25, 0.3) is 22.5 Å². The first kappa shape index (κ1) is 36.0. The van der Waals surface area contributed by atoms with E-state index < -0.39 is 33.8 Å². The van der Waals surface area contributed by atoms with Gasteiger partial charge in [-0.15, -0.1) is 0 Å². The lowest BCUT2D eigenvalue weighted by Crippen LogP contribution is -2.48. The molecular formula is C35H40N6O8S. The van der Waals surface area contributed by atoms with Crippen molar-refractivity contribution in [3.8, 4) is 22.5 Å². The van der Waals surface area contributed by atoms with Gasteiger partial charge < -0.3 is 21.1 Å². The first-order valence-electron chi connectivity index (χ1n) is 16.2. The number of nitrogens with one attached hydrogen (secondary N) is 4. The van der Waals surface area contributed by atoms with Crippen molar-refractivity contribution in [1.29, 1.82) is 0 Å². The Morgan fingerprint density at radius 3 is 2.36 bits per heavy atom. The molecular weight excluding hydrogens is 664 g/mol. The number of aromatic nitrogens is 2. The molecule has 264 valence electrons. The van der Waals surface area contributed by atoms with E-state index in [1.54, 1.807) is 42.5 Å². The minimum atomic E-state index is -3.67. The van der Waals surface area contributed by atoms with Crippen LogP contribution in [0.5, 0.6) is 0 Å². The van der Waals surface area contributed by atoms with Gasteiger partial charge in [0.25, 0.3) is 0 Å². The van der Waals surface area contributed by atoms with Crippen LogP contribution in [0.1, 0.15) is 36.8 Å². The van der Waals surface area contributed by atoms with Crippen LogP contribution in [0.2, 0.25) is 0 Å². The van der Waals surface area contributed by atoms with E-state index in [4.69, 9.17) is 5.11 Å². The quantitative estimate of drug-likeness (QED) is 0.144. The third kappa shape index (κ3) is 8.84. The van der Waals surface area contributed by atoms with Gasteiger partial charge in [-0.1, -0.05) is 35.5 Å². The van der Waals surface area contributed by atoms with E-state index in [-0.39, 0.29) is 34.9 Å². The summed E-state index contributed by atoms with van der Waals surface area (Å²) in [6.07, 6.45) is 1.57. The highest BCUT2D eigenvalue weighted by atomic mass is 32.2. The number of H-pyrrole nitrogens is 1. The van der Waals surface area contributed by atoms with Gasteiger partial charge in [0.1, 0.15) is 6.04 Å². The topological polar surface area (TPSA) is 204 Å². The van der Waals surface area contributed by atoms with Crippen molar-refractivity contribution < 1.29 is 32.4 Å². The van der Waals surface area contributed by atoms with Gasteiger partial charge in [-0.25, -0.2) is 22.3 Å². The van der Waals surface area contributed by atoms with Gasteiger partial charge in [0.05, 0.1) is 4.90 Å². The maximum absolute atomic E-state index is 13.8. The molecule has 0 radical (unpaired) electrons. The van der Waals surface area contributed by atoms with Crippen molar-refractivity contribution in [2.75, 3.05) is 26.0 Å². The van der Waals surface area contributed by atoms with Crippen molar-refractivity contribution in [3.05, 3.63) is 88.4 Å². The van der Waals surface area contributed by atoms with Crippen molar-refractivity contribution in [2.24, 2.45) is 11.8 Å². The van der Waals surface area contributed by atoms with Gasteiger partial charge in [0.2, 0.25) is 21.8 Å². The maximum atomic E-state index is 13.8. The van der Waals surface area contributed by atoms with E-state index in [2.05, 4.69) is 30.6 Å². The Labute approximate surface area is 289 Å². The molecule has 3 amide bonds. The fraction of sp³-hybridized carbons (Fsp3) is 0.343. The summed E-state index contributed by atoms with van der Waals surface area (Å²) in [5.74, 6) is -1.33. The number of carbonyl (C=O) groups is 3. The van der Waals surface area contributed by atoms with E-state index in [1.807, 2.05) is 31.2 Å². The van der Waals surface area contributed by atoms with Crippen molar-refractivity contribution in [1.82, 2.24) is 25.1 Å². The van der Waals surface area contributed by atoms with Crippen LogP contribution in [0, 0.1) is 18.8 Å². The third-order valence-electron chi connectivity index (χ3n) is 8.92. The number of sulfonamides is 1. The number of aryl methyl sites for hydroxylation is 1. The fourth-order valence-electron chi connectivity index (χ4n) is 6.04. The molecule has 14 nitrogen and oxygen atoms in total. The zero-order chi connectivity index (χ0) is 36.0. The Bertz CT molecular complexity index is 2010. The van der Waals surface area contributed by atoms with Gasteiger partial charge in [0.15, 0.2) is 5.82 Å². The molecule has 5 rings (SSSR count). The Morgan fingerprint density at radius 2 is 1.72 bits per heavy atom. The average molecular weight is 705 g/mol. The largest absolute Gasteiger partial charge is 0.465 e. The Hall–Kier alpha value is -5.28. The van der Waals surface area contributed by atoms with Crippen LogP contribution in [-0.2, 0) is 26.0 Å². The van der Waals surface area contributed by atoms with Crippen LogP contribution in [0.15, 0.2) is 80.9 Å². The molecule has 50 heavy (non-hydrogen) atoms. The van der Waals surface area contributed by atoms with Gasteiger partial charge in [-0.3, -0.25) is 19.1 Å². The zero-order valence-corrected chi connectivity index (χ0v) is 28.7. The summed E-state index contributed by atoms with van der Waals surface area (Å²) in [4.78, 5) is 52.2. The van der Waals surface area contributed by atoms with E-state index >= 15 is 0 Å². The second-order valence-electron chi connectivity index (χ2n) is 12.6. The van der Waals surface area contributed by atoms with E-state index in [1.165, 1.54) is 14.1 Å². The maximum Gasteiger partial charge on any atom is 0.439 e. The predicted octanol–water partition coefficient (Wildman–Crippen LogP) is 4.00. The molecule has 0 aliphatic heterocycles. The Kier molecular flexibility index (Phi) is 11.2. The fourth-order valence-corrected chi connectivity index (χ4v) is 6.97. The first-order chi connectivity index (χ1) is 23.8. The monoisotopic (exact) mass is 704 g/mol. The average Bonchev–Trinajstić information content (AvgIpc) is 3.53. The van der Waals surface area contributed by atoms with E-state index in [9.17, 15) is 27.6 Å². The molecule has 0 bridgehead atoms. The minimum absolute atomic E-state index is 0.143. The number of hydrogen-bond donors (Lipinski definition) is 5. The molecule has 0 spiro atoms. The third-order valence-corrected chi connectivity index (χ3v) is 10.7. The molecule has 1 saturated carbocycles. The number of rotatable bonds is 12. The SMILES string of the molecule is Cc1ccc(S(=O)(=O)N(C)C)cc1-c1cccc(C[C@H](NC(=O)C2CCC(CNC(=O)O)CC2)C(=O)Nc2ccc(-c3noc(=O)[nH]3)cc2)c1. The second-order valence-corrected chi connectivity index (χ2v) is 14.8. The minimum Gasteiger partial charge on any atom is -0.465 e. The van der Waals surface area contributed by atoms with Crippen LogP contribution >= 0.6 is 0 Å². The van der Waals surface area contributed by atoms with Crippen molar-refractivity contribution in [3.63, 3.8) is 0 Å². The Balaban J connectivity index is 1.36. The number of nitrogens with zero attached hydrogens (tertiary/aromatic N) is 2. The zero-order valence-electron chi connectivity index (χ0n) is 27.9. The van der Waals surface area contributed by atoms with E-state index in [0.29, 0.717) is 43.5 Å². The number of aromatic amines is 1. The smallest absolute Gasteiger partial charge is 0.439 e. The van der Waals surface area contributed by atoms with E-state index in [0.717, 1.165) is 26.6 Å². The molecule has 0 saturated heterocycles. The molecule has 1 heterocycles.